The van der Waals surface area contributed by atoms with Crippen LogP contribution in [0.5, 0.6) is 5.75 Å². The molecule has 1 aromatic rings. The third-order valence-electron chi connectivity index (χ3n) is 1.87. The zero-order valence-electron chi connectivity index (χ0n) is 8.95. The summed E-state index contributed by atoms with van der Waals surface area (Å²) in [6, 6.07) is 0. The van der Waals surface area contributed by atoms with E-state index in [0.717, 1.165) is 0 Å². The van der Waals surface area contributed by atoms with Crippen molar-refractivity contribution in [3.63, 3.8) is 0 Å². The predicted octanol–water partition coefficient (Wildman–Crippen LogP) is 3.21. The molecule has 0 fully saturated rings. The second kappa shape index (κ2) is 5.53. The SMILES string of the molecule is O=C(Cl)c1ncc(OC(F)(F)F)c(C(F)F)c1[N+](=O)[O-]. The Bertz CT molecular complexity index is 563. The van der Waals surface area contributed by atoms with Crippen LogP contribution in [0.15, 0.2) is 6.20 Å². The second-order valence-electron chi connectivity index (χ2n) is 3.11. The van der Waals surface area contributed by atoms with E-state index in [1.807, 2.05) is 0 Å². The van der Waals surface area contributed by atoms with Gasteiger partial charge in [-0.1, -0.05) is 0 Å². The van der Waals surface area contributed by atoms with Crippen molar-refractivity contribution in [2.75, 3.05) is 0 Å². The molecule has 110 valence electrons. The van der Waals surface area contributed by atoms with Gasteiger partial charge in [-0.05, 0) is 11.6 Å². The van der Waals surface area contributed by atoms with Crippen LogP contribution in [0.3, 0.4) is 0 Å². The topological polar surface area (TPSA) is 82.3 Å². The van der Waals surface area contributed by atoms with Crippen molar-refractivity contribution in [2.24, 2.45) is 0 Å². The lowest BCUT2D eigenvalue weighted by Crippen LogP contribution is -2.19. The number of carbonyl (C=O) groups excluding carboxylic acids is 1. The molecule has 0 spiro atoms. The van der Waals surface area contributed by atoms with Crippen molar-refractivity contribution in [1.82, 2.24) is 4.98 Å². The summed E-state index contributed by atoms with van der Waals surface area (Å²) < 4.78 is 64.7. The van der Waals surface area contributed by atoms with E-state index in [0.29, 0.717) is 0 Å². The van der Waals surface area contributed by atoms with E-state index in [1.54, 1.807) is 0 Å². The van der Waals surface area contributed by atoms with Gasteiger partial charge >= 0.3 is 12.0 Å². The fourth-order valence-corrected chi connectivity index (χ4v) is 1.38. The van der Waals surface area contributed by atoms with Gasteiger partial charge in [0.1, 0.15) is 5.56 Å². The minimum Gasteiger partial charge on any atom is -0.403 e. The highest BCUT2D eigenvalue weighted by Gasteiger charge is 2.39. The number of hydrogen-bond acceptors (Lipinski definition) is 5. The number of nitro groups is 1. The quantitative estimate of drug-likeness (QED) is 0.368. The first-order valence-electron chi connectivity index (χ1n) is 4.45. The molecule has 0 amide bonds. The van der Waals surface area contributed by atoms with Crippen molar-refractivity contribution in [3.05, 3.63) is 27.6 Å². The summed E-state index contributed by atoms with van der Waals surface area (Å²) >= 11 is 4.90. The van der Waals surface area contributed by atoms with Crippen LogP contribution in [0.25, 0.3) is 0 Å². The third-order valence-corrected chi connectivity index (χ3v) is 2.05. The molecule has 0 saturated heterocycles. The Morgan fingerprint density at radius 2 is 2.00 bits per heavy atom. The molecule has 0 atom stereocenters. The summed E-state index contributed by atoms with van der Waals surface area (Å²) in [5.41, 5.74) is -4.57. The van der Waals surface area contributed by atoms with Crippen LogP contribution in [0.4, 0.5) is 27.6 Å². The Morgan fingerprint density at radius 3 is 2.35 bits per heavy atom. The molecule has 0 aliphatic carbocycles. The zero-order chi connectivity index (χ0) is 15.7. The number of ether oxygens (including phenoxy) is 1. The Labute approximate surface area is 111 Å². The van der Waals surface area contributed by atoms with Crippen molar-refractivity contribution in [1.29, 1.82) is 0 Å². The van der Waals surface area contributed by atoms with E-state index in [4.69, 9.17) is 11.6 Å². The van der Waals surface area contributed by atoms with Gasteiger partial charge in [0.25, 0.3) is 11.7 Å². The van der Waals surface area contributed by atoms with E-state index in [-0.39, 0.29) is 6.20 Å². The first-order chi connectivity index (χ1) is 9.04. The van der Waals surface area contributed by atoms with Crippen LogP contribution in [-0.4, -0.2) is 21.5 Å². The van der Waals surface area contributed by atoms with Gasteiger partial charge < -0.3 is 4.74 Å². The third kappa shape index (κ3) is 3.50. The summed E-state index contributed by atoms with van der Waals surface area (Å²) in [6.45, 7) is 0. The molecule has 20 heavy (non-hydrogen) atoms. The fraction of sp³-hybridized carbons (Fsp3) is 0.250. The maximum Gasteiger partial charge on any atom is 0.573 e. The van der Waals surface area contributed by atoms with Gasteiger partial charge in [-0.2, -0.15) is 0 Å². The summed E-state index contributed by atoms with van der Waals surface area (Å²) in [7, 11) is 0. The molecule has 0 bridgehead atoms. The van der Waals surface area contributed by atoms with E-state index in [2.05, 4.69) is 9.72 Å². The molecule has 0 saturated carbocycles. The largest absolute Gasteiger partial charge is 0.573 e. The Morgan fingerprint density at radius 1 is 1.45 bits per heavy atom. The van der Waals surface area contributed by atoms with Crippen LogP contribution in [0, 0.1) is 10.1 Å². The molecule has 0 radical (unpaired) electrons. The average molecular weight is 321 g/mol. The lowest BCUT2D eigenvalue weighted by molar-refractivity contribution is -0.387. The molecule has 0 aromatic carbocycles. The molecular formula is C8H2ClF5N2O4. The minimum atomic E-state index is -5.37. The molecule has 6 nitrogen and oxygen atoms in total. The van der Waals surface area contributed by atoms with Gasteiger partial charge in [0, 0.05) is 0 Å². The number of hydrogen-bond donors (Lipinski definition) is 0. The molecule has 0 aliphatic heterocycles. The zero-order valence-corrected chi connectivity index (χ0v) is 9.71. The number of nitrogens with zero attached hydrogens (tertiary/aromatic N) is 2. The first kappa shape index (κ1) is 16.0. The number of rotatable bonds is 4. The number of halogens is 6. The first-order valence-corrected chi connectivity index (χ1v) is 4.83. The highest BCUT2D eigenvalue weighted by atomic mass is 35.5. The predicted molar refractivity (Wildman–Crippen MR) is 52.7 cm³/mol. The molecule has 0 N–H and O–H groups in total. The van der Waals surface area contributed by atoms with E-state index < -0.39 is 45.6 Å². The van der Waals surface area contributed by atoms with Crippen LogP contribution >= 0.6 is 11.6 Å². The number of alkyl halides is 5. The maximum atomic E-state index is 12.7. The molecule has 1 rings (SSSR count). The summed E-state index contributed by atoms with van der Waals surface area (Å²) in [5.74, 6) is -1.58. The highest BCUT2D eigenvalue weighted by molar-refractivity contribution is 6.67. The van der Waals surface area contributed by atoms with E-state index >= 15 is 0 Å². The summed E-state index contributed by atoms with van der Waals surface area (Å²) in [5, 5.41) is 9.08. The number of carbonyl (C=O) groups is 1. The van der Waals surface area contributed by atoms with Gasteiger partial charge in [-0.25, -0.2) is 13.8 Å². The fourth-order valence-electron chi connectivity index (χ4n) is 1.24. The maximum absolute atomic E-state index is 12.7. The highest BCUT2D eigenvalue weighted by Crippen LogP contribution is 2.40. The Hall–Kier alpha value is -2.04. The second-order valence-corrected chi connectivity index (χ2v) is 3.46. The van der Waals surface area contributed by atoms with E-state index in [9.17, 15) is 36.9 Å². The number of aromatic nitrogens is 1. The van der Waals surface area contributed by atoms with Crippen LogP contribution in [0.2, 0.25) is 0 Å². The van der Waals surface area contributed by atoms with Crippen LogP contribution < -0.4 is 4.74 Å². The molecular weight excluding hydrogens is 319 g/mol. The number of pyridine rings is 1. The van der Waals surface area contributed by atoms with Gasteiger partial charge in [-0.15, -0.1) is 13.2 Å². The Kier molecular flexibility index (Phi) is 4.43. The molecule has 12 heteroatoms. The van der Waals surface area contributed by atoms with Gasteiger partial charge in [0.05, 0.1) is 11.1 Å². The summed E-state index contributed by atoms with van der Waals surface area (Å²) in [4.78, 5) is 22.9. The smallest absolute Gasteiger partial charge is 0.403 e. The van der Waals surface area contributed by atoms with Crippen LogP contribution in [-0.2, 0) is 0 Å². The Balaban J connectivity index is 3.61. The minimum absolute atomic E-state index is 0.109. The van der Waals surface area contributed by atoms with E-state index in [1.165, 1.54) is 0 Å². The molecule has 0 aliphatic rings. The van der Waals surface area contributed by atoms with Crippen molar-refractivity contribution in [3.8, 4) is 5.75 Å². The standard InChI is InChI=1S/C8H2ClF5N2O4/c9-6(17)4-5(16(18)19)3(7(10)11)2(1-15-4)20-8(12,13)14/h1,7H. The normalized spacial score (nSPS) is 11.6. The van der Waals surface area contributed by atoms with Crippen molar-refractivity contribution < 1.29 is 36.4 Å². The van der Waals surface area contributed by atoms with Gasteiger partial charge in [-0.3, -0.25) is 14.9 Å². The molecule has 1 aromatic heterocycles. The lowest BCUT2D eigenvalue weighted by atomic mass is 10.1. The van der Waals surface area contributed by atoms with Crippen molar-refractivity contribution >= 4 is 22.5 Å². The molecule has 0 unspecified atom stereocenters. The lowest BCUT2D eigenvalue weighted by Gasteiger charge is -2.13. The summed E-state index contributed by atoms with van der Waals surface area (Å²) in [6.07, 6.45) is -8.98. The molecule has 1 heterocycles. The average Bonchev–Trinajstić information content (AvgIpc) is 2.24. The van der Waals surface area contributed by atoms with Gasteiger partial charge in [0.15, 0.2) is 5.75 Å². The monoisotopic (exact) mass is 320 g/mol. The van der Waals surface area contributed by atoms with Crippen molar-refractivity contribution in [2.45, 2.75) is 12.8 Å². The van der Waals surface area contributed by atoms with Gasteiger partial charge in [0.2, 0.25) is 5.69 Å². The van der Waals surface area contributed by atoms with Crippen LogP contribution in [0.1, 0.15) is 22.5 Å².